The molecule has 0 radical (unpaired) electrons. The van der Waals surface area contributed by atoms with Gasteiger partial charge in [0.2, 0.25) is 0 Å². The number of allylic oxidation sites excluding steroid dienone is 3. The van der Waals surface area contributed by atoms with Gasteiger partial charge in [-0.15, -0.1) is 0 Å². The Morgan fingerprint density at radius 2 is 1.64 bits per heavy atom. The molecule has 3 rings (SSSR count). The Labute approximate surface area is 148 Å². The highest BCUT2D eigenvalue weighted by atomic mass is 14.7. The molecule has 0 unspecified atom stereocenters. The van der Waals surface area contributed by atoms with Crippen LogP contribution in [0, 0.1) is 6.92 Å². The number of aromatic nitrogens is 2. The first-order chi connectivity index (χ1) is 12.2. The van der Waals surface area contributed by atoms with Gasteiger partial charge in [-0.2, -0.15) is 0 Å². The van der Waals surface area contributed by atoms with E-state index in [1.54, 1.807) is 6.20 Å². The summed E-state index contributed by atoms with van der Waals surface area (Å²) in [7, 11) is 0. The minimum Gasteiger partial charge on any atom is -0.397 e. The molecular weight excluding hydrogens is 306 g/mol. The van der Waals surface area contributed by atoms with E-state index in [-0.39, 0.29) is 0 Å². The van der Waals surface area contributed by atoms with Crippen LogP contribution in [0.25, 0.3) is 11.3 Å². The van der Waals surface area contributed by atoms with Gasteiger partial charge in [0.05, 0.1) is 11.4 Å². The Balaban J connectivity index is 1.95. The average Bonchev–Trinajstić information content (AvgIpc) is 2.67. The molecule has 2 aromatic heterocycles. The zero-order chi connectivity index (χ0) is 17.5. The molecule has 0 aliphatic rings. The van der Waals surface area contributed by atoms with Gasteiger partial charge in [-0.3, -0.25) is 9.97 Å². The van der Waals surface area contributed by atoms with Gasteiger partial charge >= 0.3 is 0 Å². The fourth-order valence-electron chi connectivity index (χ4n) is 2.51. The molecule has 1 aromatic carbocycles. The van der Waals surface area contributed by atoms with Crippen LogP contribution in [0.2, 0.25) is 0 Å². The van der Waals surface area contributed by atoms with E-state index in [0.717, 1.165) is 28.9 Å². The summed E-state index contributed by atoms with van der Waals surface area (Å²) in [4.78, 5) is 8.71. The fourth-order valence-corrected chi connectivity index (χ4v) is 2.51. The summed E-state index contributed by atoms with van der Waals surface area (Å²) in [6.07, 6.45) is 8.45. The molecule has 0 saturated heterocycles. The molecule has 0 spiro atoms. The quantitative estimate of drug-likeness (QED) is 0.706. The first-order valence-electron chi connectivity index (χ1n) is 8.28. The maximum absolute atomic E-state index is 6.27. The third kappa shape index (κ3) is 4.64. The summed E-state index contributed by atoms with van der Waals surface area (Å²) < 4.78 is 0. The van der Waals surface area contributed by atoms with Gasteiger partial charge in [0.15, 0.2) is 0 Å². The Bertz CT molecular complexity index is 864. The van der Waals surface area contributed by atoms with E-state index in [1.165, 1.54) is 5.56 Å². The molecule has 3 heteroatoms. The Morgan fingerprint density at radius 3 is 2.28 bits per heavy atom. The van der Waals surface area contributed by atoms with Crippen molar-refractivity contribution >= 4 is 11.3 Å². The molecule has 0 bridgehead atoms. The second-order valence-electron chi connectivity index (χ2n) is 5.87. The summed E-state index contributed by atoms with van der Waals surface area (Å²) in [5.74, 6) is 0. The van der Waals surface area contributed by atoms with Crippen LogP contribution in [-0.2, 0) is 6.42 Å². The Morgan fingerprint density at radius 1 is 0.920 bits per heavy atom. The van der Waals surface area contributed by atoms with Crippen molar-refractivity contribution in [2.45, 2.75) is 13.3 Å². The lowest BCUT2D eigenvalue weighted by Gasteiger charge is -2.07. The van der Waals surface area contributed by atoms with Crippen molar-refractivity contribution < 1.29 is 0 Å². The molecule has 25 heavy (non-hydrogen) atoms. The van der Waals surface area contributed by atoms with Crippen LogP contribution in [0.15, 0.2) is 85.2 Å². The molecule has 3 aromatic rings. The smallest absolute Gasteiger partial charge is 0.0859 e. The highest BCUT2D eigenvalue weighted by Crippen LogP contribution is 2.20. The molecule has 2 N–H and O–H groups in total. The number of benzene rings is 1. The molecular formula is C22H21N3. The minimum atomic E-state index is 0.647. The number of rotatable bonds is 5. The topological polar surface area (TPSA) is 51.8 Å². The van der Waals surface area contributed by atoms with Crippen molar-refractivity contribution in [3.8, 4) is 0 Å². The monoisotopic (exact) mass is 327 g/mol. The molecule has 0 saturated carbocycles. The predicted molar refractivity (Wildman–Crippen MR) is 103 cm³/mol. The molecule has 0 atom stereocenters. The lowest BCUT2D eigenvalue weighted by molar-refractivity contribution is 1.11. The van der Waals surface area contributed by atoms with Gasteiger partial charge in [0.25, 0.3) is 0 Å². The second-order valence-corrected chi connectivity index (χ2v) is 5.87. The van der Waals surface area contributed by atoms with Crippen LogP contribution in [0.5, 0.6) is 0 Å². The van der Waals surface area contributed by atoms with E-state index in [0.29, 0.717) is 5.70 Å². The van der Waals surface area contributed by atoms with Crippen LogP contribution < -0.4 is 5.73 Å². The maximum atomic E-state index is 6.27. The van der Waals surface area contributed by atoms with E-state index in [2.05, 4.69) is 47.2 Å². The first kappa shape index (κ1) is 16.7. The van der Waals surface area contributed by atoms with Gasteiger partial charge in [-0.1, -0.05) is 48.0 Å². The number of nitrogens with two attached hydrogens (primary N) is 1. The third-order valence-electron chi connectivity index (χ3n) is 3.91. The average molecular weight is 327 g/mol. The van der Waals surface area contributed by atoms with E-state index < -0.39 is 0 Å². The van der Waals surface area contributed by atoms with Gasteiger partial charge in [0.1, 0.15) is 0 Å². The fraction of sp³-hybridized carbons (Fsp3) is 0.0909. The number of aryl methyl sites for hydroxylation is 1. The van der Waals surface area contributed by atoms with Gasteiger partial charge < -0.3 is 5.73 Å². The molecule has 0 aliphatic carbocycles. The largest absolute Gasteiger partial charge is 0.397 e. The van der Waals surface area contributed by atoms with E-state index in [1.807, 2.05) is 48.7 Å². The van der Waals surface area contributed by atoms with Crippen LogP contribution in [0.1, 0.15) is 22.5 Å². The highest BCUT2D eigenvalue weighted by Gasteiger charge is 2.03. The lowest BCUT2D eigenvalue weighted by atomic mass is 10.0. The van der Waals surface area contributed by atoms with Crippen molar-refractivity contribution in [3.05, 3.63) is 108 Å². The van der Waals surface area contributed by atoms with Crippen LogP contribution in [0.4, 0.5) is 0 Å². The van der Waals surface area contributed by atoms with Crippen molar-refractivity contribution in [1.29, 1.82) is 0 Å². The normalized spacial score (nSPS) is 12.2. The third-order valence-corrected chi connectivity index (χ3v) is 3.91. The molecule has 124 valence electrons. The van der Waals surface area contributed by atoms with E-state index in [9.17, 15) is 0 Å². The van der Waals surface area contributed by atoms with Crippen molar-refractivity contribution in [2.75, 3.05) is 0 Å². The van der Waals surface area contributed by atoms with Gasteiger partial charge in [0, 0.05) is 24.5 Å². The highest BCUT2D eigenvalue weighted by molar-refractivity contribution is 5.82. The first-order valence-corrected chi connectivity index (χ1v) is 8.28. The van der Waals surface area contributed by atoms with Crippen LogP contribution in [0.3, 0.4) is 0 Å². The van der Waals surface area contributed by atoms with E-state index >= 15 is 0 Å². The molecule has 0 amide bonds. The van der Waals surface area contributed by atoms with Crippen molar-refractivity contribution in [2.24, 2.45) is 5.73 Å². The minimum absolute atomic E-state index is 0.647. The summed E-state index contributed by atoms with van der Waals surface area (Å²) in [5, 5.41) is 0. The number of pyridine rings is 2. The molecule has 2 heterocycles. The Kier molecular flexibility index (Phi) is 5.37. The summed E-state index contributed by atoms with van der Waals surface area (Å²) in [6, 6.07) is 20.1. The molecule has 0 fully saturated rings. The van der Waals surface area contributed by atoms with Gasteiger partial charge in [-0.05, 0) is 48.4 Å². The summed E-state index contributed by atoms with van der Waals surface area (Å²) in [5.41, 5.74) is 12.1. The number of nitrogens with zero attached hydrogens (tertiary/aromatic N) is 2. The van der Waals surface area contributed by atoms with Crippen LogP contribution in [-0.4, -0.2) is 9.97 Å². The number of hydrogen-bond acceptors (Lipinski definition) is 3. The summed E-state index contributed by atoms with van der Waals surface area (Å²) >= 11 is 0. The number of hydrogen-bond donors (Lipinski definition) is 1. The Hall–Kier alpha value is -3.20. The molecule has 3 nitrogen and oxygen atoms in total. The predicted octanol–water partition coefficient (Wildman–Crippen LogP) is 4.41. The van der Waals surface area contributed by atoms with Crippen LogP contribution >= 0.6 is 0 Å². The zero-order valence-corrected chi connectivity index (χ0v) is 14.3. The van der Waals surface area contributed by atoms with Gasteiger partial charge in [-0.25, -0.2) is 0 Å². The van der Waals surface area contributed by atoms with E-state index in [4.69, 9.17) is 5.73 Å². The lowest BCUT2D eigenvalue weighted by Crippen LogP contribution is -1.99. The zero-order valence-electron chi connectivity index (χ0n) is 14.3. The second kappa shape index (κ2) is 8.06. The van der Waals surface area contributed by atoms with Crippen molar-refractivity contribution in [1.82, 2.24) is 9.97 Å². The maximum Gasteiger partial charge on any atom is 0.0859 e. The SMILES string of the molecule is Cc1ccc(C(/C=C(\N)c2ccccn2)=C/Cc2ccccn2)cc1. The standard InChI is InChI=1S/C22H21N3/c1-17-8-10-18(11-9-17)19(12-13-20-6-2-4-14-24-20)16-21(23)22-7-3-5-15-25-22/h2-12,14-16H,13,23H2,1H3/b19-12+,21-16-. The molecule has 0 aliphatic heterocycles. The summed E-state index contributed by atoms with van der Waals surface area (Å²) in [6.45, 7) is 2.08. The van der Waals surface area contributed by atoms with Crippen molar-refractivity contribution in [3.63, 3.8) is 0 Å².